The van der Waals surface area contributed by atoms with E-state index in [-0.39, 0.29) is 11.6 Å². The highest BCUT2D eigenvalue weighted by atomic mass is 16.5. The second-order valence-corrected chi connectivity index (χ2v) is 5.04. The summed E-state index contributed by atoms with van der Waals surface area (Å²) in [7, 11) is 0. The molecule has 0 radical (unpaired) electrons. The number of amides is 1. The van der Waals surface area contributed by atoms with Gasteiger partial charge >= 0.3 is 5.95 Å². The predicted octanol–water partition coefficient (Wildman–Crippen LogP) is 4.88. The first-order valence-corrected chi connectivity index (χ1v) is 7.04. The van der Waals surface area contributed by atoms with E-state index in [1.165, 1.54) is 0 Å². The van der Waals surface area contributed by atoms with Crippen molar-refractivity contribution in [1.82, 2.24) is 0 Å². The van der Waals surface area contributed by atoms with Crippen molar-refractivity contribution in [3.63, 3.8) is 0 Å². The largest absolute Gasteiger partial charge is 0.479 e. The lowest BCUT2D eigenvalue weighted by Gasteiger charge is -1.96. The number of hydrogen-bond acceptors (Lipinski definition) is 4. The molecule has 1 amide bonds. The Hall–Kier alpha value is -3.21. The van der Waals surface area contributed by atoms with Crippen molar-refractivity contribution in [2.24, 2.45) is 10.2 Å². The van der Waals surface area contributed by atoms with E-state index in [9.17, 15) is 9.90 Å². The molecule has 0 unspecified atom stereocenters. The Morgan fingerprint density at radius 2 is 1.74 bits per heavy atom. The fraction of sp³-hybridized carbons (Fsp3) is 0.0556. The zero-order valence-corrected chi connectivity index (χ0v) is 12.4. The number of furan rings is 1. The fourth-order valence-corrected chi connectivity index (χ4v) is 2.04. The first-order chi connectivity index (χ1) is 11.1. The summed E-state index contributed by atoms with van der Waals surface area (Å²) in [6.07, 6.45) is 0. The second kappa shape index (κ2) is 6.27. The predicted molar refractivity (Wildman–Crippen MR) is 85.8 cm³/mol. The van der Waals surface area contributed by atoms with Crippen LogP contribution in [0.3, 0.4) is 0 Å². The maximum Gasteiger partial charge on any atom is 0.311 e. The van der Waals surface area contributed by atoms with Crippen LogP contribution in [0, 0.1) is 6.92 Å². The van der Waals surface area contributed by atoms with E-state index in [1.807, 2.05) is 37.3 Å². The summed E-state index contributed by atoms with van der Waals surface area (Å²) >= 11 is 0. The zero-order valence-electron chi connectivity index (χ0n) is 12.4. The van der Waals surface area contributed by atoms with Gasteiger partial charge in [0, 0.05) is 17.2 Å². The van der Waals surface area contributed by atoms with Gasteiger partial charge in [0.2, 0.25) is 0 Å². The zero-order chi connectivity index (χ0) is 16.2. The number of aryl methyl sites for hydroxylation is 1. The van der Waals surface area contributed by atoms with Gasteiger partial charge in [0.15, 0.2) is 5.69 Å². The van der Waals surface area contributed by atoms with Crippen LogP contribution in [-0.2, 0) is 0 Å². The van der Waals surface area contributed by atoms with E-state index in [1.54, 1.807) is 30.3 Å². The number of carbonyl (C=O) groups is 1. The lowest BCUT2D eigenvalue weighted by atomic mass is 10.1. The van der Waals surface area contributed by atoms with Gasteiger partial charge in [-0.15, -0.1) is 10.2 Å². The Bertz CT molecular complexity index is 850. The van der Waals surface area contributed by atoms with Crippen molar-refractivity contribution in [3.05, 3.63) is 71.8 Å². The maximum absolute atomic E-state index is 11.9. The van der Waals surface area contributed by atoms with Crippen molar-refractivity contribution >= 4 is 11.6 Å². The van der Waals surface area contributed by atoms with Crippen LogP contribution in [0.1, 0.15) is 15.9 Å². The molecular weight excluding hydrogens is 292 g/mol. The molecule has 3 aromatic rings. The molecule has 1 aromatic heterocycles. The van der Waals surface area contributed by atoms with Gasteiger partial charge in [-0.25, -0.2) is 0 Å². The molecule has 0 spiro atoms. The van der Waals surface area contributed by atoms with Gasteiger partial charge in [-0.1, -0.05) is 48.0 Å². The number of rotatable bonds is 3. The molecular formula is C18H14N2O3. The summed E-state index contributed by atoms with van der Waals surface area (Å²) in [6.45, 7) is 1.98. The van der Waals surface area contributed by atoms with Gasteiger partial charge < -0.3 is 9.52 Å². The van der Waals surface area contributed by atoms with Crippen molar-refractivity contribution in [3.8, 4) is 17.3 Å². The summed E-state index contributed by atoms with van der Waals surface area (Å²) in [5.74, 6) is -0.392. The van der Waals surface area contributed by atoms with E-state index in [0.717, 1.165) is 11.1 Å². The minimum absolute atomic E-state index is 0.116. The van der Waals surface area contributed by atoms with Gasteiger partial charge in [0.1, 0.15) is 5.76 Å². The van der Waals surface area contributed by atoms with Gasteiger partial charge in [0.25, 0.3) is 5.91 Å². The third kappa shape index (κ3) is 3.35. The Kier molecular flexibility index (Phi) is 4.01. The molecule has 114 valence electrons. The molecule has 0 aliphatic rings. The third-order valence-corrected chi connectivity index (χ3v) is 3.30. The van der Waals surface area contributed by atoms with Crippen molar-refractivity contribution < 1.29 is 14.3 Å². The normalized spacial score (nSPS) is 11.0. The first-order valence-electron chi connectivity index (χ1n) is 7.04. The summed E-state index contributed by atoms with van der Waals surface area (Å²) < 4.78 is 5.27. The summed E-state index contributed by atoms with van der Waals surface area (Å²) in [4.78, 5) is 11.9. The first kappa shape index (κ1) is 14.7. The molecule has 0 saturated carbocycles. The van der Waals surface area contributed by atoms with Gasteiger partial charge in [-0.2, -0.15) is 0 Å². The monoisotopic (exact) mass is 306 g/mol. The van der Waals surface area contributed by atoms with E-state index in [2.05, 4.69) is 10.2 Å². The second-order valence-electron chi connectivity index (χ2n) is 5.04. The lowest BCUT2D eigenvalue weighted by Crippen LogP contribution is -1.91. The van der Waals surface area contributed by atoms with Crippen LogP contribution >= 0.6 is 0 Å². The molecule has 5 heteroatoms. The molecule has 23 heavy (non-hydrogen) atoms. The van der Waals surface area contributed by atoms with Crippen molar-refractivity contribution in [1.29, 1.82) is 0 Å². The van der Waals surface area contributed by atoms with Crippen LogP contribution < -0.4 is 0 Å². The smallest absolute Gasteiger partial charge is 0.311 e. The van der Waals surface area contributed by atoms with E-state index < -0.39 is 5.91 Å². The molecule has 0 aliphatic carbocycles. The van der Waals surface area contributed by atoms with Crippen LogP contribution in [0.25, 0.3) is 11.3 Å². The Morgan fingerprint density at radius 3 is 2.43 bits per heavy atom. The molecule has 0 atom stereocenters. The molecule has 0 bridgehead atoms. The van der Waals surface area contributed by atoms with Gasteiger partial charge in [-0.3, -0.25) is 4.79 Å². The third-order valence-electron chi connectivity index (χ3n) is 3.30. The summed E-state index contributed by atoms with van der Waals surface area (Å²) in [6, 6.07) is 17.8. The van der Waals surface area contributed by atoms with E-state index in [0.29, 0.717) is 11.3 Å². The van der Waals surface area contributed by atoms with Gasteiger partial charge in [0.05, 0.1) is 0 Å². The quantitative estimate of drug-likeness (QED) is 0.700. The number of hydrogen-bond donors (Lipinski definition) is 1. The number of carbonyl (C=O) groups excluding carboxylic acids is 1. The SMILES string of the molecule is Cc1ccc(-c2cc(N=NC(=O)c3ccccc3)c(O)o2)cc1. The van der Waals surface area contributed by atoms with Crippen LogP contribution in [-0.4, -0.2) is 11.0 Å². The molecule has 1 heterocycles. The van der Waals surface area contributed by atoms with Crippen LogP contribution in [0.4, 0.5) is 5.69 Å². The van der Waals surface area contributed by atoms with Crippen LogP contribution in [0.5, 0.6) is 5.95 Å². The van der Waals surface area contributed by atoms with Crippen LogP contribution in [0.15, 0.2) is 75.3 Å². The minimum Gasteiger partial charge on any atom is -0.479 e. The topological polar surface area (TPSA) is 75.2 Å². The molecule has 5 nitrogen and oxygen atoms in total. The minimum atomic E-state index is -0.483. The number of azo groups is 1. The molecule has 3 rings (SSSR count). The van der Waals surface area contributed by atoms with E-state index in [4.69, 9.17) is 4.42 Å². The molecule has 0 aliphatic heterocycles. The molecule has 2 aromatic carbocycles. The average molecular weight is 306 g/mol. The standard InChI is InChI=1S/C18H14N2O3/c1-12-7-9-13(10-8-12)16-11-15(18(22)23-16)19-20-17(21)14-5-3-2-4-6-14/h2-11,22H,1H3. The highest BCUT2D eigenvalue weighted by molar-refractivity contribution is 5.94. The lowest BCUT2D eigenvalue weighted by molar-refractivity contribution is 0.0995. The molecule has 1 N–H and O–H groups in total. The highest BCUT2D eigenvalue weighted by Crippen LogP contribution is 2.36. The Labute approximate surface area is 132 Å². The summed E-state index contributed by atoms with van der Waals surface area (Å²) in [5, 5.41) is 17.2. The molecule has 0 saturated heterocycles. The summed E-state index contributed by atoms with van der Waals surface area (Å²) in [5.41, 5.74) is 2.47. The van der Waals surface area contributed by atoms with Gasteiger partial charge in [-0.05, 0) is 19.1 Å². The van der Waals surface area contributed by atoms with Crippen LogP contribution in [0.2, 0.25) is 0 Å². The highest BCUT2D eigenvalue weighted by Gasteiger charge is 2.12. The number of benzene rings is 2. The maximum atomic E-state index is 11.9. The van der Waals surface area contributed by atoms with Crippen molar-refractivity contribution in [2.45, 2.75) is 6.92 Å². The Balaban J connectivity index is 1.83. The number of aromatic hydroxyl groups is 1. The Morgan fingerprint density at radius 1 is 1.04 bits per heavy atom. The van der Waals surface area contributed by atoms with Crippen molar-refractivity contribution in [2.75, 3.05) is 0 Å². The average Bonchev–Trinajstić information content (AvgIpc) is 2.95. The fourth-order valence-electron chi connectivity index (χ4n) is 2.04. The van der Waals surface area contributed by atoms with E-state index >= 15 is 0 Å². The molecule has 0 fully saturated rings. The number of nitrogens with zero attached hydrogens (tertiary/aromatic N) is 2.